The predicted octanol–water partition coefficient (Wildman–Crippen LogP) is -2.14. The van der Waals surface area contributed by atoms with Crippen molar-refractivity contribution in [1.82, 2.24) is 47.9 Å². The number of nitrogens with one attached hydrogen (secondary N) is 11. The SMILES string of the molecule is CC(CCCNC(=N)N)CNC(=O)NC(C)CNC(=O)NC(CCCNC(=N)N)CNC(=O)NC(C)CNC(N)=O. The van der Waals surface area contributed by atoms with Crippen LogP contribution in [0.1, 0.15) is 46.5 Å². The van der Waals surface area contributed by atoms with Gasteiger partial charge in [-0.1, -0.05) is 6.92 Å². The van der Waals surface area contributed by atoms with Gasteiger partial charge in [-0.3, -0.25) is 10.8 Å². The first-order chi connectivity index (χ1) is 19.3. The number of hydrogen-bond acceptors (Lipinski definition) is 6. The summed E-state index contributed by atoms with van der Waals surface area (Å²) in [4.78, 5) is 47.7. The number of urea groups is 4. The first kappa shape index (κ1) is 36.6. The largest absolute Gasteiger partial charge is 0.370 e. The van der Waals surface area contributed by atoms with Crippen molar-refractivity contribution < 1.29 is 19.2 Å². The van der Waals surface area contributed by atoms with Crippen LogP contribution in [0, 0.1) is 16.7 Å². The maximum absolute atomic E-state index is 12.5. The molecule has 0 heterocycles. The fourth-order valence-electron chi connectivity index (χ4n) is 3.44. The monoisotopic (exact) mass is 586 g/mol. The second-order valence-corrected chi connectivity index (χ2v) is 9.88. The minimum absolute atomic E-state index is 0.0641. The quantitative estimate of drug-likeness (QED) is 0.0449. The Morgan fingerprint density at radius 1 is 0.585 bits per heavy atom. The van der Waals surface area contributed by atoms with Gasteiger partial charge in [0.05, 0.1) is 0 Å². The standard InChI is InChI=1S/C23H50N14O4/c1-14(6-4-8-29-18(24)25)10-32-21(39)36-16(3)12-33-23(41)37-17(7-5-9-30-19(26)27)13-34-22(40)35-15(2)11-31-20(28)38/h14-17H,4-13H2,1-3H3,(H4,24,25,29)(H4,26,27,30)(H3,28,31,38)(H2,32,36,39)(H2,33,37,41)(H2,34,35,40). The molecule has 8 amide bonds. The van der Waals surface area contributed by atoms with E-state index in [-0.39, 0.29) is 55.6 Å². The van der Waals surface area contributed by atoms with E-state index in [9.17, 15) is 19.2 Å². The summed E-state index contributed by atoms with van der Waals surface area (Å²) in [6.45, 7) is 7.40. The van der Waals surface area contributed by atoms with E-state index in [1.54, 1.807) is 13.8 Å². The van der Waals surface area contributed by atoms with Gasteiger partial charge in [-0.05, 0) is 45.4 Å². The molecule has 0 aromatic rings. The number of primary amides is 1. The van der Waals surface area contributed by atoms with Crippen LogP contribution in [-0.2, 0) is 0 Å². The van der Waals surface area contributed by atoms with Crippen molar-refractivity contribution in [2.24, 2.45) is 23.1 Å². The van der Waals surface area contributed by atoms with E-state index >= 15 is 0 Å². The highest BCUT2D eigenvalue weighted by atomic mass is 16.2. The molecule has 17 N–H and O–H groups in total. The summed E-state index contributed by atoms with van der Waals surface area (Å²) in [5.41, 5.74) is 15.6. The number of amides is 8. The summed E-state index contributed by atoms with van der Waals surface area (Å²) in [6, 6.07) is -3.16. The number of rotatable bonds is 19. The Hall–Kier alpha value is -4.38. The van der Waals surface area contributed by atoms with E-state index in [0.717, 1.165) is 12.8 Å². The molecule has 0 aromatic carbocycles. The first-order valence-corrected chi connectivity index (χ1v) is 13.6. The van der Waals surface area contributed by atoms with Gasteiger partial charge in [-0.2, -0.15) is 0 Å². The topological polar surface area (TPSA) is 302 Å². The van der Waals surface area contributed by atoms with Crippen molar-refractivity contribution in [2.75, 3.05) is 39.3 Å². The van der Waals surface area contributed by atoms with Gasteiger partial charge in [0.2, 0.25) is 0 Å². The molecule has 0 saturated carbocycles. The van der Waals surface area contributed by atoms with Crippen LogP contribution in [0.2, 0.25) is 0 Å². The van der Waals surface area contributed by atoms with Crippen LogP contribution in [-0.4, -0.2) is 93.4 Å². The average Bonchev–Trinajstić information content (AvgIpc) is 2.88. The zero-order chi connectivity index (χ0) is 31.2. The molecule has 236 valence electrons. The third kappa shape index (κ3) is 23.2. The van der Waals surface area contributed by atoms with E-state index in [1.807, 2.05) is 6.92 Å². The number of nitrogens with two attached hydrogens (primary N) is 3. The fourth-order valence-corrected chi connectivity index (χ4v) is 3.44. The van der Waals surface area contributed by atoms with E-state index in [4.69, 9.17) is 28.0 Å². The number of carbonyl (C=O) groups excluding carboxylic acids is 4. The lowest BCUT2D eigenvalue weighted by molar-refractivity contribution is 0.226. The molecule has 0 aromatic heterocycles. The molecule has 0 aliphatic carbocycles. The Morgan fingerprint density at radius 3 is 1.54 bits per heavy atom. The molecule has 0 fully saturated rings. The van der Waals surface area contributed by atoms with Crippen LogP contribution < -0.4 is 65.1 Å². The average molecular weight is 587 g/mol. The van der Waals surface area contributed by atoms with E-state index in [2.05, 4.69) is 47.9 Å². The molecule has 0 aliphatic heterocycles. The Labute approximate surface area is 241 Å². The Balaban J connectivity index is 4.51. The van der Waals surface area contributed by atoms with Crippen LogP contribution in [0.4, 0.5) is 19.2 Å². The van der Waals surface area contributed by atoms with Gasteiger partial charge in [-0.15, -0.1) is 0 Å². The lowest BCUT2D eigenvalue weighted by Crippen LogP contribution is -2.53. The van der Waals surface area contributed by atoms with Crippen molar-refractivity contribution in [2.45, 2.75) is 64.6 Å². The summed E-state index contributed by atoms with van der Waals surface area (Å²) in [5, 5.41) is 38.6. The van der Waals surface area contributed by atoms with Gasteiger partial charge in [0.15, 0.2) is 11.9 Å². The zero-order valence-corrected chi connectivity index (χ0v) is 24.2. The summed E-state index contributed by atoms with van der Waals surface area (Å²) in [6.07, 6.45) is 2.72. The summed E-state index contributed by atoms with van der Waals surface area (Å²) >= 11 is 0. The Kier molecular flexibility index (Phi) is 19.2. The highest BCUT2D eigenvalue weighted by Crippen LogP contribution is 2.03. The third-order valence-electron chi connectivity index (χ3n) is 5.60. The fraction of sp³-hybridized carbons (Fsp3) is 0.739. The molecule has 18 nitrogen and oxygen atoms in total. The van der Waals surface area contributed by atoms with Crippen LogP contribution in [0.3, 0.4) is 0 Å². The minimum atomic E-state index is -0.695. The molecule has 18 heteroatoms. The number of guanidine groups is 2. The smallest absolute Gasteiger partial charge is 0.315 e. The Morgan fingerprint density at radius 2 is 1.02 bits per heavy atom. The van der Waals surface area contributed by atoms with E-state index < -0.39 is 24.1 Å². The van der Waals surface area contributed by atoms with Crippen molar-refractivity contribution in [3.05, 3.63) is 0 Å². The lowest BCUT2D eigenvalue weighted by Gasteiger charge is -2.22. The molecule has 4 unspecified atom stereocenters. The van der Waals surface area contributed by atoms with E-state index in [0.29, 0.717) is 32.5 Å². The van der Waals surface area contributed by atoms with Crippen molar-refractivity contribution in [3.8, 4) is 0 Å². The van der Waals surface area contributed by atoms with Crippen LogP contribution in [0.25, 0.3) is 0 Å². The molecule has 0 saturated heterocycles. The van der Waals surface area contributed by atoms with Crippen LogP contribution >= 0.6 is 0 Å². The molecular formula is C23H50N14O4. The van der Waals surface area contributed by atoms with Gasteiger partial charge in [0.25, 0.3) is 0 Å². The number of carbonyl (C=O) groups is 4. The maximum Gasteiger partial charge on any atom is 0.315 e. The van der Waals surface area contributed by atoms with Crippen LogP contribution in [0.15, 0.2) is 0 Å². The summed E-state index contributed by atoms with van der Waals surface area (Å²) in [5.74, 6) is 0.0121. The van der Waals surface area contributed by atoms with E-state index in [1.165, 1.54) is 0 Å². The van der Waals surface area contributed by atoms with Crippen molar-refractivity contribution >= 4 is 36.0 Å². The molecule has 0 aliphatic rings. The first-order valence-electron chi connectivity index (χ1n) is 13.6. The van der Waals surface area contributed by atoms with Crippen molar-refractivity contribution in [3.63, 3.8) is 0 Å². The summed E-state index contributed by atoms with van der Waals surface area (Å²) in [7, 11) is 0. The van der Waals surface area contributed by atoms with Gasteiger partial charge in [-0.25, -0.2) is 19.2 Å². The molecule has 0 bridgehead atoms. The van der Waals surface area contributed by atoms with Gasteiger partial charge >= 0.3 is 24.1 Å². The number of hydrogen-bond donors (Lipinski definition) is 14. The zero-order valence-electron chi connectivity index (χ0n) is 24.2. The molecule has 4 atom stereocenters. The lowest BCUT2D eigenvalue weighted by atomic mass is 10.1. The van der Waals surface area contributed by atoms with Crippen LogP contribution in [0.5, 0.6) is 0 Å². The second-order valence-electron chi connectivity index (χ2n) is 9.88. The molecular weight excluding hydrogens is 536 g/mol. The molecule has 41 heavy (non-hydrogen) atoms. The maximum atomic E-state index is 12.5. The Bertz CT molecular complexity index is 843. The highest BCUT2D eigenvalue weighted by molar-refractivity contribution is 5.77. The molecule has 0 spiro atoms. The van der Waals surface area contributed by atoms with Crippen molar-refractivity contribution in [1.29, 1.82) is 10.8 Å². The highest BCUT2D eigenvalue weighted by Gasteiger charge is 2.16. The van der Waals surface area contributed by atoms with Gasteiger partial charge < -0.3 is 65.1 Å². The van der Waals surface area contributed by atoms with Gasteiger partial charge in [0.1, 0.15) is 0 Å². The second kappa shape index (κ2) is 21.4. The summed E-state index contributed by atoms with van der Waals surface area (Å²) < 4.78 is 0. The van der Waals surface area contributed by atoms with Gasteiger partial charge in [0, 0.05) is 57.4 Å². The normalized spacial score (nSPS) is 13.2. The third-order valence-corrected chi connectivity index (χ3v) is 5.60. The molecule has 0 rings (SSSR count). The molecule has 0 radical (unpaired) electrons. The minimum Gasteiger partial charge on any atom is -0.370 e. The predicted molar refractivity (Wildman–Crippen MR) is 157 cm³/mol.